The smallest absolute Gasteiger partial charge is 0.416 e. The number of halogens is 3. The van der Waals surface area contributed by atoms with Gasteiger partial charge in [0.15, 0.2) is 11.5 Å². The lowest BCUT2D eigenvalue weighted by Crippen LogP contribution is -2.30. The second-order valence-corrected chi connectivity index (χ2v) is 7.24. The van der Waals surface area contributed by atoms with Crippen LogP contribution in [0.4, 0.5) is 24.5 Å². The highest BCUT2D eigenvalue weighted by Crippen LogP contribution is 2.36. The Morgan fingerprint density at radius 2 is 1.80 bits per heavy atom. The van der Waals surface area contributed by atoms with E-state index in [2.05, 4.69) is 10.6 Å². The fourth-order valence-corrected chi connectivity index (χ4v) is 3.58. The van der Waals surface area contributed by atoms with Crippen molar-refractivity contribution in [3.63, 3.8) is 0 Å². The lowest BCUT2D eigenvalue weighted by Gasteiger charge is -2.23. The Kier molecular flexibility index (Phi) is 5.61. The lowest BCUT2D eigenvalue weighted by atomic mass is 10.1. The van der Waals surface area contributed by atoms with Gasteiger partial charge in [-0.3, -0.25) is 4.79 Å². The fourth-order valence-electron chi connectivity index (χ4n) is 3.58. The minimum atomic E-state index is -4.44. The zero-order valence-electron chi connectivity index (χ0n) is 16.2. The van der Waals surface area contributed by atoms with E-state index in [1.54, 1.807) is 12.1 Å². The van der Waals surface area contributed by atoms with Crippen molar-refractivity contribution >= 4 is 17.3 Å². The predicted octanol–water partition coefficient (Wildman–Crippen LogP) is 3.76. The van der Waals surface area contributed by atoms with Crippen molar-refractivity contribution in [1.82, 2.24) is 5.32 Å². The van der Waals surface area contributed by atoms with Gasteiger partial charge >= 0.3 is 6.18 Å². The van der Waals surface area contributed by atoms with E-state index in [0.717, 1.165) is 43.6 Å². The number of ether oxygens (including phenoxy) is 2. The van der Waals surface area contributed by atoms with E-state index >= 15 is 0 Å². The summed E-state index contributed by atoms with van der Waals surface area (Å²) in [5.41, 5.74) is 1.09. The van der Waals surface area contributed by atoms with Crippen LogP contribution in [-0.4, -0.2) is 32.3 Å². The first-order chi connectivity index (χ1) is 14.4. The molecule has 0 saturated carbocycles. The van der Waals surface area contributed by atoms with Crippen molar-refractivity contribution in [3.8, 4) is 11.5 Å². The molecule has 0 unspecified atom stereocenters. The molecule has 4 rings (SSSR count). The van der Waals surface area contributed by atoms with Gasteiger partial charge in [0.1, 0.15) is 0 Å². The first kappa shape index (κ1) is 20.2. The van der Waals surface area contributed by atoms with Gasteiger partial charge in [-0.2, -0.15) is 13.2 Å². The van der Waals surface area contributed by atoms with Crippen LogP contribution in [-0.2, 0) is 17.5 Å². The summed E-state index contributed by atoms with van der Waals surface area (Å²) in [6, 6.07) is 9.00. The van der Waals surface area contributed by atoms with E-state index in [1.807, 2.05) is 11.0 Å². The predicted molar refractivity (Wildman–Crippen MR) is 106 cm³/mol. The highest BCUT2D eigenvalue weighted by molar-refractivity contribution is 5.83. The number of nitrogens with one attached hydrogen (secondary N) is 2. The van der Waals surface area contributed by atoms with E-state index in [-0.39, 0.29) is 25.8 Å². The van der Waals surface area contributed by atoms with Gasteiger partial charge in [-0.1, -0.05) is 6.07 Å². The van der Waals surface area contributed by atoms with Crippen LogP contribution >= 0.6 is 0 Å². The molecule has 2 aromatic carbocycles. The van der Waals surface area contributed by atoms with Crippen LogP contribution in [0.3, 0.4) is 0 Å². The third-order valence-corrected chi connectivity index (χ3v) is 5.14. The van der Waals surface area contributed by atoms with Crippen LogP contribution in [0.1, 0.15) is 24.0 Å². The second kappa shape index (κ2) is 8.33. The first-order valence-corrected chi connectivity index (χ1v) is 9.75. The lowest BCUT2D eigenvalue weighted by molar-refractivity contribution is -0.137. The van der Waals surface area contributed by atoms with Crippen molar-refractivity contribution in [2.24, 2.45) is 0 Å². The van der Waals surface area contributed by atoms with E-state index in [0.29, 0.717) is 22.9 Å². The maximum absolute atomic E-state index is 13.1. The van der Waals surface area contributed by atoms with E-state index in [1.165, 1.54) is 6.07 Å². The Morgan fingerprint density at radius 3 is 2.57 bits per heavy atom. The molecule has 0 bridgehead atoms. The summed E-state index contributed by atoms with van der Waals surface area (Å²) >= 11 is 0. The quantitative estimate of drug-likeness (QED) is 0.744. The van der Waals surface area contributed by atoms with Crippen molar-refractivity contribution in [1.29, 1.82) is 0 Å². The Bertz CT molecular complexity index is 927. The van der Waals surface area contributed by atoms with Crippen LogP contribution < -0.4 is 25.0 Å². The number of carbonyl (C=O) groups is 1. The van der Waals surface area contributed by atoms with E-state index < -0.39 is 11.7 Å². The number of fused-ring (bicyclic) bond motifs is 1. The Balaban J connectivity index is 1.39. The third-order valence-electron chi connectivity index (χ3n) is 5.14. The Hall–Kier alpha value is -3.10. The second-order valence-electron chi connectivity index (χ2n) is 7.24. The molecule has 0 atom stereocenters. The van der Waals surface area contributed by atoms with E-state index in [4.69, 9.17) is 9.47 Å². The van der Waals surface area contributed by atoms with Crippen LogP contribution in [0.15, 0.2) is 36.4 Å². The number of hydrogen-bond donors (Lipinski definition) is 2. The summed E-state index contributed by atoms with van der Waals surface area (Å²) in [5, 5.41) is 5.64. The van der Waals surface area contributed by atoms with Crippen LogP contribution in [0.5, 0.6) is 11.5 Å². The van der Waals surface area contributed by atoms with Gasteiger partial charge < -0.3 is 25.0 Å². The monoisotopic (exact) mass is 421 g/mol. The minimum Gasteiger partial charge on any atom is -0.454 e. The number of alkyl halides is 3. The maximum Gasteiger partial charge on any atom is 0.416 e. The van der Waals surface area contributed by atoms with Gasteiger partial charge in [0.2, 0.25) is 12.7 Å². The molecule has 6 nitrogen and oxygen atoms in total. The van der Waals surface area contributed by atoms with Gasteiger partial charge in [-0.25, -0.2) is 0 Å². The summed E-state index contributed by atoms with van der Waals surface area (Å²) in [7, 11) is 0. The van der Waals surface area contributed by atoms with E-state index in [9.17, 15) is 18.0 Å². The van der Waals surface area contributed by atoms with Crippen molar-refractivity contribution < 1.29 is 27.4 Å². The van der Waals surface area contributed by atoms with Gasteiger partial charge in [0.05, 0.1) is 23.5 Å². The van der Waals surface area contributed by atoms with Gasteiger partial charge in [0.25, 0.3) is 0 Å². The molecule has 1 fully saturated rings. The van der Waals surface area contributed by atoms with Gasteiger partial charge in [-0.05, 0) is 48.7 Å². The standard InChI is InChI=1S/C21H22F3N3O3/c22-21(23,24)15-4-5-17(27-7-1-2-8-27)16(10-15)25-12-20(28)26-11-14-3-6-18-19(9-14)30-13-29-18/h3-6,9-10,25H,1-2,7-8,11-13H2,(H,26,28). The summed E-state index contributed by atoms with van der Waals surface area (Å²) in [5.74, 6) is 0.960. The molecular weight excluding hydrogens is 399 g/mol. The number of anilines is 2. The first-order valence-electron chi connectivity index (χ1n) is 9.75. The maximum atomic E-state index is 13.1. The number of rotatable bonds is 6. The molecule has 1 saturated heterocycles. The number of carbonyl (C=O) groups excluding carboxylic acids is 1. The molecule has 2 N–H and O–H groups in total. The van der Waals surface area contributed by atoms with Gasteiger partial charge in [-0.15, -0.1) is 0 Å². The minimum absolute atomic E-state index is 0.132. The molecule has 0 radical (unpaired) electrons. The summed E-state index contributed by atoms with van der Waals surface area (Å²) in [6.07, 6.45) is -2.45. The van der Waals surface area contributed by atoms with Crippen molar-refractivity contribution in [3.05, 3.63) is 47.5 Å². The Labute approximate surface area is 172 Å². The van der Waals surface area contributed by atoms with Crippen LogP contribution in [0, 0.1) is 0 Å². The molecular formula is C21H22F3N3O3. The molecule has 1 amide bonds. The number of hydrogen-bond acceptors (Lipinski definition) is 5. The summed E-state index contributed by atoms with van der Waals surface area (Å²) in [6.45, 7) is 1.89. The highest BCUT2D eigenvalue weighted by Gasteiger charge is 2.31. The molecule has 2 aromatic rings. The molecule has 2 aliphatic heterocycles. The molecule has 0 aromatic heterocycles. The molecule has 2 aliphatic rings. The Morgan fingerprint density at radius 1 is 1.03 bits per heavy atom. The van der Waals surface area contributed by atoms with Crippen LogP contribution in [0.25, 0.3) is 0 Å². The van der Waals surface area contributed by atoms with Gasteiger partial charge in [0, 0.05) is 19.6 Å². The van der Waals surface area contributed by atoms with Crippen LogP contribution in [0.2, 0.25) is 0 Å². The third kappa shape index (κ3) is 4.55. The zero-order valence-corrected chi connectivity index (χ0v) is 16.2. The highest BCUT2D eigenvalue weighted by atomic mass is 19.4. The van der Waals surface area contributed by atoms with Crippen molar-refractivity contribution in [2.45, 2.75) is 25.6 Å². The normalized spacial score (nSPS) is 15.4. The molecule has 2 heterocycles. The fraction of sp³-hybridized carbons (Fsp3) is 0.381. The molecule has 160 valence electrons. The number of nitrogens with zero attached hydrogens (tertiary/aromatic N) is 1. The SMILES string of the molecule is O=C(CNc1cc(C(F)(F)F)ccc1N1CCCC1)NCc1ccc2c(c1)OCO2. The molecule has 9 heteroatoms. The topological polar surface area (TPSA) is 62.8 Å². The summed E-state index contributed by atoms with van der Waals surface area (Å²) in [4.78, 5) is 14.3. The van der Waals surface area contributed by atoms with Crippen molar-refractivity contribution in [2.75, 3.05) is 36.6 Å². The average Bonchev–Trinajstić information content (AvgIpc) is 3.41. The average molecular weight is 421 g/mol. The number of benzene rings is 2. The molecule has 30 heavy (non-hydrogen) atoms. The summed E-state index contributed by atoms with van der Waals surface area (Å²) < 4.78 is 50.0. The molecule has 0 aliphatic carbocycles. The number of amides is 1. The zero-order chi connectivity index (χ0) is 21.1. The molecule has 0 spiro atoms. The largest absolute Gasteiger partial charge is 0.454 e.